The first kappa shape index (κ1) is 17.5. The molecule has 1 heterocycles. The van der Waals surface area contributed by atoms with Crippen LogP contribution in [0.15, 0.2) is 18.2 Å². The molecule has 0 aliphatic carbocycles. The average molecular weight is 365 g/mol. The van der Waals surface area contributed by atoms with E-state index in [0.717, 1.165) is 12.8 Å². The Morgan fingerprint density at radius 2 is 1.91 bits per heavy atom. The molecule has 1 aliphatic rings. The van der Waals surface area contributed by atoms with Crippen LogP contribution in [0.3, 0.4) is 0 Å². The van der Waals surface area contributed by atoms with Crippen molar-refractivity contribution in [2.45, 2.75) is 12.8 Å². The van der Waals surface area contributed by atoms with E-state index in [9.17, 15) is 13.2 Å². The van der Waals surface area contributed by atoms with Crippen LogP contribution in [0.25, 0.3) is 0 Å². The fraction of sp³-hybridized carbons (Fsp3) is 0.500. The molecule has 0 unspecified atom stereocenters. The number of halogens is 2. The summed E-state index contributed by atoms with van der Waals surface area (Å²) >= 11 is 11.7. The van der Waals surface area contributed by atoms with E-state index < -0.39 is 10.0 Å². The summed E-state index contributed by atoms with van der Waals surface area (Å²) in [5.41, 5.74) is 0.461. The van der Waals surface area contributed by atoms with Gasteiger partial charge in [-0.3, -0.25) is 4.79 Å². The summed E-state index contributed by atoms with van der Waals surface area (Å²) in [6.45, 7) is 1.54. The first-order chi connectivity index (χ1) is 10.3. The quantitative estimate of drug-likeness (QED) is 0.891. The van der Waals surface area contributed by atoms with E-state index in [4.69, 9.17) is 23.2 Å². The van der Waals surface area contributed by atoms with Crippen molar-refractivity contribution in [3.05, 3.63) is 33.8 Å². The Hall–Kier alpha value is -0.820. The second-order valence-corrected chi connectivity index (χ2v) is 8.24. The molecular formula is C14H18Cl2N2O3S. The molecule has 0 saturated carbocycles. The number of rotatable bonds is 4. The molecule has 1 amide bonds. The summed E-state index contributed by atoms with van der Waals surface area (Å²) in [5.74, 6) is 0.0776. The van der Waals surface area contributed by atoms with Crippen molar-refractivity contribution in [1.82, 2.24) is 9.62 Å². The molecule has 1 saturated heterocycles. The molecule has 8 heteroatoms. The van der Waals surface area contributed by atoms with Crippen molar-refractivity contribution >= 4 is 39.1 Å². The Bertz CT molecular complexity index is 656. The number of sulfonamides is 1. The van der Waals surface area contributed by atoms with Gasteiger partial charge in [0.1, 0.15) is 0 Å². The minimum Gasteiger partial charge on any atom is -0.352 e. The highest BCUT2D eigenvalue weighted by molar-refractivity contribution is 7.88. The van der Waals surface area contributed by atoms with E-state index in [1.807, 2.05) is 0 Å². The standard InChI is InChI=1S/C14H18Cl2N2O3S/c1-22(20,21)18-6-4-10(5-7-18)9-17-14(19)11-2-3-12(15)13(16)8-11/h2-3,8,10H,4-7,9H2,1H3,(H,17,19). The second kappa shape index (κ2) is 7.17. The van der Waals surface area contributed by atoms with Gasteiger partial charge in [-0.25, -0.2) is 12.7 Å². The average Bonchev–Trinajstić information content (AvgIpc) is 2.47. The van der Waals surface area contributed by atoms with Gasteiger partial charge < -0.3 is 5.32 Å². The molecule has 0 radical (unpaired) electrons. The Labute approximate surface area is 140 Å². The van der Waals surface area contributed by atoms with Crippen molar-refractivity contribution in [2.75, 3.05) is 25.9 Å². The van der Waals surface area contributed by atoms with Crippen molar-refractivity contribution in [1.29, 1.82) is 0 Å². The lowest BCUT2D eigenvalue weighted by molar-refractivity contribution is 0.0941. The highest BCUT2D eigenvalue weighted by Gasteiger charge is 2.25. The zero-order chi connectivity index (χ0) is 16.3. The van der Waals surface area contributed by atoms with E-state index in [0.29, 0.717) is 35.2 Å². The lowest BCUT2D eigenvalue weighted by Crippen LogP contribution is -2.41. The van der Waals surface area contributed by atoms with Gasteiger partial charge in [-0.05, 0) is 37.0 Å². The summed E-state index contributed by atoms with van der Waals surface area (Å²) in [5, 5.41) is 3.61. The molecule has 1 aromatic rings. The number of amides is 1. The van der Waals surface area contributed by atoms with E-state index in [-0.39, 0.29) is 11.8 Å². The smallest absolute Gasteiger partial charge is 0.251 e. The number of carbonyl (C=O) groups excluding carboxylic acids is 1. The highest BCUT2D eigenvalue weighted by Crippen LogP contribution is 2.23. The summed E-state index contributed by atoms with van der Waals surface area (Å²) in [6.07, 6.45) is 2.71. The van der Waals surface area contributed by atoms with Crippen LogP contribution in [0.2, 0.25) is 10.0 Å². The third kappa shape index (κ3) is 4.59. The number of nitrogens with zero attached hydrogens (tertiary/aromatic N) is 1. The maximum atomic E-state index is 12.1. The molecular weight excluding hydrogens is 347 g/mol. The summed E-state index contributed by atoms with van der Waals surface area (Å²) in [4.78, 5) is 12.1. The van der Waals surface area contributed by atoms with Crippen LogP contribution in [0, 0.1) is 5.92 Å². The van der Waals surface area contributed by atoms with Crippen molar-refractivity contribution in [3.8, 4) is 0 Å². The van der Waals surface area contributed by atoms with Gasteiger partial charge in [-0.2, -0.15) is 0 Å². The summed E-state index contributed by atoms with van der Waals surface area (Å²) in [6, 6.07) is 4.74. The third-order valence-corrected chi connectivity index (χ3v) is 5.82. The minimum atomic E-state index is -3.11. The fourth-order valence-electron chi connectivity index (χ4n) is 2.42. The fourth-order valence-corrected chi connectivity index (χ4v) is 3.59. The normalized spacial score (nSPS) is 17.4. The number of nitrogens with one attached hydrogen (secondary N) is 1. The van der Waals surface area contributed by atoms with Crippen molar-refractivity contribution in [2.24, 2.45) is 5.92 Å². The highest BCUT2D eigenvalue weighted by atomic mass is 35.5. The predicted octanol–water partition coefficient (Wildman–Crippen LogP) is 2.39. The Morgan fingerprint density at radius 3 is 2.45 bits per heavy atom. The van der Waals surface area contributed by atoms with E-state index in [1.165, 1.54) is 16.6 Å². The van der Waals surface area contributed by atoms with Crippen LogP contribution < -0.4 is 5.32 Å². The number of carbonyl (C=O) groups is 1. The molecule has 0 bridgehead atoms. The Balaban J connectivity index is 1.84. The minimum absolute atomic E-state index is 0.205. The number of hydrogen-bond acceptors (Lipinski definition) is 3. The Kier molecular flexibility index (Phi) is 5.71. The number of hydrogen-bond donors (Lipinski definition) is 1. The monoisotopic (exact) mass is 364 g/mol. The number of piperidine rings is 1. The van der Waals surface area contributed by atoms with Gasteiger partial charge in [-0.15, -0.1) is 0 Å². The molecule has 1 N–H and O–H groups in total. The first-order valence-corrected chi connectivity index (χ1v) is 9.56. The zero-order valence-electron chi connectivity index (χ0n) is 12.2. The molecule has 2 rings (SSSR count). The van der Waals surface area contributed by atoms with Crippen molar-refractivity contribution < 1.29 is 13.2 Å². The maximum Gasteiger partial charge on any atom is 0.251 e. The molecule has 1 aliphatic heterocycles. The molecule has 0 aromatic heterocycles. The van der Waals surface area contributed by atoms with E-state index >= 15 is 0 Å². The van der Waals surface area contributed by atoms with Crippen LogP contribution in [0.4, 0.5) is 0 Å². The summed E-state index contributed by atoms with van der Waals surface area (Å²) < 4.78 is 24.3. The lowest BCUT2D eigenvalue weighted by Gasteiger charge is -2.30. The maximum absolute atomic E-state index is 12.1. The topological polar surface area (TPSA) is 66.5 Å². The third-order valence-electron chi connectivity index (χ3n) is 3.78. The molecule has 5 nitrogen and oxygen atoms in total. The van der Waals surface area contributed by atoms with Crippen LogP contribution in [-0.4, -0.2) is 44.5 Å². The largest absolute Gasteiger partial charge is 0.352 e. The van der Waals surface area contributed by atoms with Gasteiger partial charge in [0.25, 0.3) is 5.91 Å². The molecule has 22 heavy (non-hydrogen) atoms. The molecule has 122 valence electrons. The van der Waals surface area contributed by atoms with Gasteiger partial charge >= 0.3 is 0 Å². The Morgan fingerprint density at radius 1 is 1.27 bits per heavy atom. The van der Waals surface area contributed by atoms with Crippen molar-refractivity contribution in [3.63, 3.8) is 0 Å². The zero-order valence-corrected chi connectivity index (χ0v) is 14.5. The van der Waals surface area contributed by atoms with Gasteiger partial charge in [-0.1, -0.05) is 23.2 Å². The van der Waals surface area contributed by atoms with Gasteiger partial charge in [0.2, 0.25) is 10.0 Å². The van der Waals surface area contributed by atoms with E-state index in [2.05, 4.69) is 5.32 Å². The van der Waals surface area contributed by atoms with Crippen LogP contribution in [-0.2, 0) is 10.0 Å². The SMILES string of the molecule is CS(=O)(=O)N1CCC(CNC(=O)c2ccc(Cl)c(Cl)c2)CC1. The van der Waals surface area contributed by atoms with Gasteiger partial charge in [0.05, 0.1) is 16.3 Å². The molecule has 0 atom stereocenters. The van der Waals surface area contributed by atoms with E-state index in [1.54, 1.807) is 12.1 Å². The van der Waals surface area contributed by atoms with Gasteiger partial charge in [0, 0.05) is 25.2 Å². The van der Waals surface area contributed by atoms with Crippen LogP contribution in [0.5, 0.6) is 0 Å². The lowest BCUT2D eigenvalue weighted by atomic mass is 9.98. The van der Waals surface area contributed by atoms with Crippen LogP contribution >= 0.6 is 23.2 Å². The van der Waals surface area contributed by atoms with Crippen LogP contribution in [0.1, 0.15) is 23.2 Å². The molecule has 1 aromatic carbocycles. The number of benzene rings is 1. The van der Waals surface area contributed by atoms with Gasteiger partial charge in [0.15, 0.2) is 0 Å². The molecule has 0 spiro atoms. The predicted molar refractivity (Wildman–Crippen MR) is 87.9 cm³/mol. The summed E-state index contributed by atoms with van der Waals surface area (Å²) in [7, 11) is -3.11. The second-order valence-electron chi connectivity index (χ2n) is 5.44. The molecule has 1 fully saturated rings. The first-order valence-electron chi connectivity index (χ1n) is 6.96.